The average Bonchev–Trinajstić information content (AvgIpc) is 2.62. The van der Waals surface area contributed by atoms with E-state index in [2.05, 4.69) is 9.88 Å². The van der Waals surface area contributed by atoms with Gasteiger partial charge in [0.2, 0.25) is 0 Å². The fourth-order valence-corrected chi connectivity index (χ4v) is 2.56. The first-order valence-electron chi connectivity index (χ1n) is 4.32. The van der Waals surface area contributed by atoms with Crippen molar-refractivity contribution in [1.82, 2.24) is 9.88 Å². The summed E-state index contributed by atoms with van der Waals surface area (Å²) in [4.78, 5) is 6.53. The molecule has 2 rings (SSSR count). The van der Waals surface area contributed by atoms with Crippen molar-refractivity contribution in [2.24, 2.45) is 5.73 Å². The molecule has 72 valence electrons. The maximum Gasteiger partial charge on any atom is 0.113 e. The van der Waals surface area contributed by atoms with E-state index in [1.54, 1.807) is 17.5 Å². The van der Waals surface area contributed by atoms with Gasteiger partial charge in [-0.25, -0.2) is 4.98 Å². The number of hydrogen-bond donors (Lipinski definition) is 1. The molecule has 2 N–H and O–H groups in total. The normalized spacial score (nSPS) is 24.0. The number of nitrogens with two attached hydrogens (primary N) is 1. The Hall–Kier alpha value is -0.160. The van der Waals surface area contributed by atoms with Gasteiger partial charge in [0.15, 0.2) is 0 Å². The van der Waals surface area contributed by atoms with E-state index in [0.717, 1.165) is 35.4 Å². The molecule has 1 aliphatic heterocycles. The Labute approximate surface area is 86.5 Å². The van der Waals surface area contributed by atoms with Crippen molar-refractivity contribution in [3.8, 4) is 0 Å². The Morgan fingerprint density at radius 2 is 2.62 bits per heavy atom. The largest absolute Gasteiger partial charge is 0.326 e. The number of rotatable bonds is 2. The molecule has 1 aromatic heterocycles. The van der Waals surface area contributed by atoms with Crippen LogP contribution in [0.4, 0.5) is 0 Å². The summed E-state index contributed by atoms with van der Waals surface area (Å²) in [6, 6.07) is 0.343. The van der Waals surface area contributed by atoms with Gasteiger partial charge in [0.25, 0.3) is 0 Å². The van der Waals surface area contributed by atoms with E-state index < -0.39 is 0 Å². The van der Waals surface area contributed by atoms with E-state index in [0.29, 0.717) is 6.04 Å². The van der Waals surface area contributed by atoms with Gasteiger partial charge in [0, 0.05) is 19.1 Å². The molecule has 0 saturated carbocycles. The van der Waals surface area contributed by atoms with Gasteiger partial charge in [-0.2, -0.15) is 0 Å². The van der Waals surface area contributed by atoms with Gasteiger partial charge in [-0.3, -0.25) is 4.90 Å². The molecule has 3 nitrogen and oxygen atoms in total. The van der Waals surface area contributed by atoms with E-state index in [1.807, 2.05) is 0 Å². The molecule has 0 aliphatic carbocycles. The van der Waals surface area contributed by atoms with Gasteiger partial charge >= 0.3 is 0 Å². The second-order valence-electron chi connectivity index (χ2n) is 3.34. The highest BCUT2D eigenvalue weighted by atomic mass is 35.5. The van der Waals surface area contributed by atoms with E-state index >= 15 is 0 Å². The van der Waals surface area contributed by atoms with Crippen LogP contribution in [0.5, 0.6) is 0 Å². The van der Waals surface area contributed by atoms with Crippen LogP contribution in [0.1, 0.15) is 11.4 Å². The third-order valence-corrected chi connectivity index (χ3v) is 3.29. The smallest absolute Gasteiger partial charge is 0.113 e. The van der Waals surface area contributed by atoms with E-state index in [4.69, 9.17) is 17.3 Å². The van der Waals surface area contributed by atoms with Crippen molar-refractivity contribution >= 4 is 22.9 Å². The molecule has 1 aromatic rings. The minimum atomic E-state index is 0.343. The van der Waals surface area contributed by atoms with Crippen molar-refractivity contribution < 1.29 is 0 Å². The maximum atomic E-state index is 5.80. The SMILES string of the molecule is NC1CCN(Cc2ncc(Cl)s2)C1. The van der Waals surface area contributed by atoms with Crippen LogP contribution >= 0.6 is 22.9 Å². The van der Waals surface area contributed by atoms with E-state index in [-0.39, 0.29) is 0 Å². The van der Waals surface area contributed by atoms with Crippen LogP contribution in [-0.4, -0.2) is 29.0 Å². The molecule has 5 heteroatoms. The Kier molecular flexibility index (Phi) is 2.83. The van der Waals surface area contributed by atoms with Crippen molar-refractivity contribution in [2.45, 2.75) is 19.0 Å². The van der Waals surface area contributed by atoms with Gasteiger partial charge < -0.3 is 5.73 Å². The van der Waals surface area contributed by atoms with E-state index in [1.165, 1.54) is 0 Å². The molecule has 0 aromatic carbocycles. The minimum absolute atomic E-state index is 0.343. The monoisotopic (exact) mass is 217 g/mol. The Morgan fingerprint density at radius 1 is 1.77 bits per heavy atom. The lowest BCUT2D eigenvalue weighted by molar-refractivity contribution is 0.326. The van der Waals surface area contributed by atoms with Gasteiger partial charge in [-0.05, 0) is 6.42 Å². The van der Waals surface area contributed by atoms with Crippen LogP contribution in [-0.2, 0) is 6.54 Å². The van der Waals surface area contributed by atoms with Crippen molar-refractivity contribution in [3.05, 3.63) is 15.5 Å². The van der Waals surface area contributed by atoms with Crippen molar-refractivity contribution in [1.29, 1.82) is 0 Å². The van der Waals surface area contributed by atoms with Crippen molar-refractivity contribution in [3.63, 3.8) is 0 Å². The summed E-state index contributed by atoms with van der Waals surface area (Å²) < 4.78 is 0.762. The van der Waals surface area contributed by atoms with Crippen LogP contribution in [0.2, 0.25) is 4.34 Å². The van der Waals surface area contributed by atoms with Crippen LogP contribution < -0.4 is 5.73 Å². The molecule has 1 unspecified atom stereocenters. The van der Waals surface area contributed by atoms with Gasteiger partial charge in [0.05, 0.1) is 12.7 Å². The molecule has 1 aliphatic rings. The standard InChI is InChI=1S/C8H12ClN3S/c9-7-3-11-8(13-7)5-12-2-1-6(10)4-12/h3,6H,1-2,4-5,10H2. The summed E-state index contributed by atoms with van der Waals surface area (Å²) >= 11 is 7.33. The fraction of sp³-hybridized carbons (Fsp3) is 0.625. The quantitative estimate of drug-likeness (QED) is 0.813. The first-order chi connectivity index (χ1) is 6.24. The fourth-order valence-electron chi connectivity index (χ4n) is 1.56. The molecule has 0 spiro atoms. The van der Waals surface area contributed by atoms with Gasteiger partial charge in [-0.1, -0.05) is 11.6 Å². The molecule has 13 heavy (non-hydrogen) atoms. The number of hydrogen-bond acceptors (Lipinski definition) is 4. The lowest BCUT2D eigenvalue weighted by Crippen LogP contribution is -2.26. The number of nitrogens with zero attached hydrogens (tertiary/aromatic N) is 2. The van der Waals surface area contributed by atoms with Crippen LogP contribution in [0.3, 0.4) is 0 Å². The third kappa shape index (κ3) is 2.40. The minimum Gasteiger partial charge on any atom is -0.326 e. The Balaban J connectivity index is 1.91. The molecule has 0 amide bonds. The predicted molar refractivity (Wildman–Crippen MR) is 55.0 cm³/mol. The highest BCUT2D eigenvalue weighted by Gasteiger charge is 2.19. The lowest BCUT2D eigenvalue weighted by atomic mass is 10.3. The highest BCUT2D eigenvalue weighted by molar-refractivity contribution is 7.15. The highest BCUT2D eigenvalue weighted by Crippen LogP contribution is 2.20. The number of halogens is 1. The molecular weight excluding hydrogens is 206 g/mol. The second-order valence-corrected chi connectivity index (χ2v) is 5.09. The van der Waals surface area contributed by atoms with Crippen LogP contribution in [0.25, 0.3) is 0 Å². The van der Waals surface area contributed by atoms with E-state index in [9.17, 15) is 0 Å². The molecule has 2 heterocycles. The zero-order chi connectivity index (χ0) is 9.26. The zero-order valence-electron chi connectivity index (χ0n) is 7.24. The van der Waals surface area contributed by atoms with Gasteiger partial charge in [0.1, 0.15) is 9.34 Å². The Morgan fingerprint density at radius 3 is 3.15 bits per heavy atom. The summed E-state index contributed by atoms with van der Waals surface area (Å²) in [5, 5.41) is 1.08. The summed E-state index contributed by atoms with van der Waals surface area (Å²) in [6.45, 7) is 2.96. The van der Waals surface area contributed by atoms with Crippen LogP contribution in [0, 0.1) is 0 Å². The molecule has 0 radical (unpaired) electrons. The van der Waals surface area contributed by atoms with Crippen molar-refractivity contribution in [2.75, 3.05) is 13.1 Å². The average molecular weight is 218 g/mol. The third-order valence-electron chi connectivity index (χ3n) is 2.19. The topological polar surface area (TPSA) is 42.1 Å². The first-order valence-corrected chi connectivity index (χ1v) is 5.51. The van der Waals surface area contributed by atoms with Crippen LogP contribution in [0.15, 0.2) is 6.20 Å². The summed E-state index contributed by atoms with van der Waals surface area (Å²) in [5.41, 5.74) is 5.80. The first kappa shape index (κ1) is 9.40. The summed E-state index contributed by atoms with van der Waals surface area (Å²) in [5.74, 6) is 0. The number of aromatic nitrogens is 1. The van der Waals surface area contributed by atoms with Gasteiger partial charge in [-0.15, -0.1) is 11.3 Å². The summed E-state index contributed by atoms with van der Waals surface area (Å²) in [7, 11) is 0. The number of likely N-dealkylation sites (tertiary alicyclic amines) is 1. The lowest BCUT2D eigenvalue weighted by Gasteiger charge is -2.12. The molecule has 1 saturated heterocycles. The number of thiazole rings is 1. The molecule has 1 fully saturated rings. The predicted octanol–water partition coefficient (Wildman–Crippen LogP) is 1.33. The maximum absolute atomic E-state index is 5.80. The molecular formula is C8H12ClN3S. The Bertz CT molecular complexity index is 289. The molecule has 1 atom stereocenters. The molecule has 0 bridgehead atoms. The zero-order valence-corrected chi connectivity index (χ0v) is 8.81. The summed E-state index contributed by atoms with van der Waals surface area (Å²) in [6.07, 6.45) is 2.80. The second kappa shape index (κ2) is 3.92.